The van der Waals surface area contributed by atoms with Crippen LogP contribution in [0, 0.1) is 0 Å². The molecular weight excluding hydrogens is 399 g/mol. The summed E-state index contributed by atoms with van der Waals surface area (Å²) in [5, 5.41) is 6.24. The molecule has 0 aromatic carbocycles. The van der Waals surface area contributed by atoms with E-state index < -0.39 is 0 Å². The minimum absolute atomic E-state index is 0. The lowest BCUT2D eigenvalue weighted by Crippen LogP contribution is -2.48. The summed E-state index contributed by atoms with van der Waals surface area (Å²) in [7, 11) is 3.33. The molecule has 1 saturated heterocycles. The van der Waals surface area contributed by atoms with Gasteiger partial charge in [0.05, 0.1) is 5.60 Å². The number of hydrogen-bond acceptors (Lipinski definition) is 4. The zero-order valence-electron chi connectivity index (χ0n) is 13.8. The van der Waals surface area contributed by atoms with Crippen molar-refractivity contribution in [2.24, 2.45) is 4.99 Å². The molecule has 1 heterocycles. The third-order valence-electron chi connectivity index (χ3n) is 3.47. The highest BCUT2D eigenvalue weighted by molar-refractivity contribution is 14.0. The minimum Gasteiger partial charge on any atom is -0.377 e. The van der Waals surface area contributed by atoms with Crippen LogP contribution in [-0.4, -0.2) is 62.1 Å². The molecule has 1 rings (SSSR count). The fourth-order valence-electron chi connectivity index (χ4n) is 1.92. The average Bonchev–Trinajstić information content (AvgIpc) is 2.45. The van der Waals surface area contributed by atoms with Crippen LogP contribution in [0.15, 0.2) is 4.99 Å². The number of hydrogen-bond donors (Lipinski definition) is 2. The second-order valence-corrected chi connectivity index (χ2v) is 5.61. The van der Waals surface area contributed by atoms with Crippen molar-refractivity contribution in [3.8, 4) is 0 Å². The Bertz CT molecular complexity index is 397. The normalized spacial score (nSPS) is 16.4. The number of aliphatic imine (C=N–C) groups is 1. The smallest absolute Gasteiger partial charge is 0.229 e. The quantitative estimate of drug-likeness (QED) is 0.283. The number of methoxy groups -OCH3 is 1. The summed E-state index contributed by atoms with van der Waals surface area (Å²) in [5.41, 5.74) is -0.295. The Balaban J connectivity index is 0.00000441. The van der Waals surface area contributed by atoms with Crippen LogP contribution in [0.2, 0.25) is 0 Å². The van der Waals surface area contributed by atoms with Crippen molar-refractivity contribution in [2.75, 3.05) is 33.8 Å². The molecule has 0 aromatic rings. The molecule has 0 atom stereocenters. The van der Waals surface area contributed by atoms with E-state index >= 15 is 0 Å². The molecule has 0 aliphatic carbocycles. The second-order valence-electron chi connectivity index (χ2n) is 5.61. The molecule has 8 heteroatoms. The lowest BCUT2D eigenvalue weighted by Gasteiger charge is -2.26. The van der Waals surface area contributed by atoms with Gasteiger partial charge in [-0.1, -0.05) is 0 Å². The molecule has 0 unspecified atom stereocenters. The Hall–Kier alpha value is -0.900. The molecule has 22 heavy (non-hydrogen) atoms. The zero-order valence-corrected chi connectivity index (χ0v) is 16.1. The number of nitrogens with one attached hydrogen (secondary N) is 2. The number of carbonyl (C=O) groups excluding carboxylic acids is 2. The van der Waals surface area contributed by atoms with Gasteiger partial charge in [0.25, 0.3) is 0 Å². The molecule has 0 radical (unpaired) electrons. The van der Waals surface area contributed by atoms with Crippen molar-refractivity contribution in [3.63, 3.8) is 0 Å². The van der Waals surface area contributed by atoms with Gasteiger partial charge in [-0.3, -0.25) is 19.5 Å². The number of halogens is 1. The van der Waals surface area contributed by atoms with Gasteiger partial charge >= 0.3 is 0 Å². The van der Waals surface area contributed by atoms with Gasteiger partial charge in [-0.25, -0.2) is 0 Å². The highest BCUT2D eigenvalue weighted by atomic mass is 127. The van der Waals surface area contributed by atoms with Crippen LogP contribution in [0.5, 0.6) is 0 Å². The fourth-order valence-corrected chi connectivity index (χ4v) is 1.92. The molecule has 128 valence electrons. The zero-order chi connectivity index (χ0) is 15.9. The lowest BCUT2D eigenvalue weighted by molar-refractivity contribution is -0.147. The number of carbonyl (C=O) groups is 2. The van der Waals surface area contributed by atoms with Crippen LogP contribution < -0.4 is 10.6 Å². The van der Waals surface area contributed by atoms with Gasteiger partial charge in [-0.2, -0.15) is 0 Å². The average molecular weight is 426 g/mol. The van der Waals surface area contributed by atoms with Crippen LogP contribution in [0.3, 0.4) is 0 Å². The molecule has 2 N–H and O–H groups in total. The maximum Gasteiger partial charge on any atom is 0.229 e. The van der Waals surface area contributed by atoms with Crippen LogP contribution in [-0.2, 0) is 14.3 Å². The van der Waals surface area contributed by atoms with Gasteiger partial charge in [-0.15, -0.1) is 24.0 Å². The Labute approximate surface area is 149 Å². The predicted molar refractivity (Wildman–Crippen MR) is 96.4 cm³/mol. The van der Waals surface area contributed by atoms with E-state index in [2.05, 4.69) is 15.6 Å². The number of guanidine groups is 1. The molecule has 0 spiro atoms. The number of ether oxygens (including phenoxy) is 1. The highest BCUT2D eigenvalue weighted by Crippen LogP contribution is 2.11. The fraction of sp³-hybridized carbons (Fsp3) is 0.786. The largest absolute Gasteiger partial charge is 0.377 e. The lowest BCUT2D eigenvalue weighted by atomic mass is 10.1. The number of amides is 2. The molecule has 7 nitrogen and oxygen atoms in total. The summed E-state index contributed by atoms with van der Waals surface area (Å²) >= 11 is 0. The van der Waals surface area contributed by atoms with Crippen LogP contribution >= 0.6 is 24.0 Å². The summed E-state index contributed by atoms with van der Waals surface area (Å²) in [5.74, 6) is 0.449. The molecular formula is C14H27IN4O3. The standard InChI is InChI=1S/C14H26N4O3.HI/c1-14(2,21-4)10-17-13(15-3)16-8-9-18-11(19)6-5-7-12(18)20;/h5-10H2,1-4H3,(H2,15,16,17);1H. The summed E-state index contributed by atoms with van der Waals surface area (Å²) in [6.07, 6.45) is 1.58. The third-order valence-corrected chi connectivity index (χ3v) is 3.47. The Kier molecular flexibility index (Phi) is 9.58. The van der Waals surface area contributed by atoms with Crippen molar-refractivity contribution >= 4 is 41.8 Å². The van der Waals surface area contributed by atoms with Gasteiger partial charge in [-0.05, 0) is 20.3 Å². The number of nitrogens with zero attached hydrogens (tertiary/aromatic N) is 2. The first-order valence-corrected chi connectivity index (χ1v) is 7.22. The van der Waals surface area contributed by atoms with Crippen molar-refractivity contribution in [1.82, 2.24) is 15.5 Å². The van der Waals surface area contributed by atoms with E-state index in [1.165, 1.54) is 4.90 Å². The highest BCUT2D eigenvalue weighted by Gasteiger charge is 2.25. The van der Waals surface area contributed by atoms with E-state index in [-0.39, 0.29) is 41.4 Å². The van der Waals surface area contributed by atoms with E-state index in [0.29, 0.717) is 44.9 Å². The first kappa shape index (κ1) is 21.1. The van der Waals surface area contributed by atoms with Crippen LogP contribution in [0.25, 0.3) is 0 Å². The topological polar surface area (TPSA) is 83.0 Å². The molecule has 0 saturated carbocycles. The van der Waals surface area contributed by atoms with Crippen LogP contribution in [0.1, 0.15) is 33.1 Å². The third kappa shape index (κ3) is 6.91. The van der Waals surface area contributed by atoms with Gasteiger partial charge in [0.1, 0.15) is 0 Å². The summed E-state index contributed by atoms with van der Waals surface area (Å²) in [6, 6.07) is 0. The monoisotopic (exact) mass is 426 g/mol. The first-order chi connectivity index (χ1) is 9.89. The van der Waals surface area contributed by atoms with E-state index in [0.717, 1.165) is 0 Å². The molecule has 2 amide bonds. The molecule has 0 bridgehead atoms. The van der Waals surface area contributed by atoms with E-state index in [1.807, 2.05) is 13.8 Å². The van der Waals surface area contributed by atoms with Crippen molar-refractivity contribution in [1.29, 1.82) is 0 Å². The Morgan fingerprint density at radius 3 is 2.36 bits per heavy atom. The number of piperidine rings is 1. The minimum atomic E-state index is -0.295. The second kappa shape index (κ2) is 9.98. The summed E-state index contributed by atoms with van der Waals surface area (Å²) in [4.78, 5) is 28.7. The van der Waals surface area contributed by atoms with Gasteiger partial charge in [0.15, 0.2) is 5.96 Å². The van der Waals surface area contributed by atoms with Gasteiger partial charge < -0.3 is 15.4 Å². The molecule has 1 aliphatic rings. The van der Waals surface area contributed by atoms with Crippen molar-refractivity contribution in [3.05, 3.63) is 0 Å². The number of rotatable bonds is 6. The van der Waals surface area contributed by atoms with Crippen LogP contribution in [0.4, 0.5) is 0 Å². The maximum absolute atomic E-state index is 11.7. The molecule has 1 aliphatic heterocycles. The Morgan fingerprint density at radius 1 is 1.27 bits per heavy atom. The number of imide groups is 1. The maximum atomic E-state index is 11.7. The van der Waals surface area contributed by atoms with E-state index in [9.17, 15) is 9.59 Å². The molecule has 0 aromatic heterocycles. The SMILES string of the molecule is CN=C(NCCN1C(=O)CCCC1=O)NCC(C)(C)OC.I. The number of likely N-dealkylation sites (tertiary alicyclic amines) is 1. The summed E-state index contributed by atoms with van der Waals surface area (Å²) in [6.45, 7) is 5.39. The van der Waals surface area contributed by atoms with E-state index in [4.69, 9.17) is 4.74 Å². The summed E-state index contributed by atoms with van der Waals surface area (Å²) < 4.78 is 5.32. The molecule has 1 fully saturated rings. The van der Waals surface area contributed by atoms with Crippen molar-refractivity contribution < 1.29 is 14.3 Å². The van der Waals surface area contributed by atoms with Gasteiger partial charge in [0.2, 0.25) is 11.8 Å². The Morgan fingerprint density at radius 2 is 1.86 bits per heavy atom. The van der Waals surface area contributed by atoms with Crippen molar-refractivity contribution in [2.45, 2.75) is 38.7 Å². The van der Waals surface area contributed by atoms with Gasteiger partial charge in [0, 0.05) is 46.6 Å². The predicted octanol–water partition coefficient (Wildman–Crippen LogP) is 0.733. The first-order valence-electron chi connectivity index (χ1n) is 7.22. The van der Waals surface area contributed by atoms with E-state index in [1.54, 1.807) is 14.2 Å².